The Bertz CT molecular complexity index is 644. The molecule has 0 radical (unpaired) electrons. The van der Waals surface area contributed by atoms with E-state index in [1.165, 1.54) is 0 Å². The monoisotopic (exact) mass is 286 g/mol. The number of aryl methyl sites for hydroxylation is 2. The molecule has 0 N–H and O–H groups in total. The Labute approximate surface area is 122 Å². The fraction of sp³-hybridized carbons (Fsp3) is 0.235. The molecule has 0 amide bonds. The van der Waals surface area contributed by atoms with Crippen molar-refractivity contribution in [2.45, 2.75) is 30.9 Å². The zero-order valence-corrected chi connectivity index (χ0v) is 12.7. The van der Waals surface area contributed by atoms with Crippen LogP contribution in [0, 0.1) is 13.8 Å². The molecule has 0 heterocycles. The van der Waals surface area contributed by atoms with Crippen LogP contribution >= 0.6 is 0 Å². The molecule has 0 fully saturated rings. The Kier molecular flexibility index (Phi) is 4.50. The van der Waals surface area contributed by atoms with Gasteiger partial charge in [-0.15, -0.1) is 0 Å². The van der Waals surface area contributed by atoms with Gasteiger partial charge in [0.05, 0.1) is 16.0 Å². The largest absolute Gasteiger partial charge is 0.293 e. The third-order valence-electron chi connectivity index (χ3n) is 3.25. The fourth-order valence-electron chi connectivity index (χ4n) is 1.99. The molecule has 0 bridgehead atoms. The first-order valence-corrected chi connectivity index (χ1v) is 7.78. The van der Waals surface area contributed by atoms with E-state index in [4.69, 9.17) is 0 Å². The SMILES string of the molecule is Cc1ccc(C(=O)C(C)S(=O)c2cccc(C)c2)cc1. The fourth-order valence-corrected chi connectivity index (χ4v) is 3.25. The van der Waals surface area contributed by atoms with Crippen LogP contribution in [0.4, 0.5) is 0 Å². The highest BCUT2D eigenvalue weighted by atomic mass is 32.2. The van der Waals surface area contributed by atoms with E-state index in [0.717, 1.165) is 11.1 Å². The van der Waals surface area contributed by atoms with Crippen molar-refractivity contribution < 1.29 is 9.00 Å². The zero-order chi connectivity index (χ0) is 14.7. The molecule has 104 valence electrons. The molecule has 2 aromatic rings. The minimum atomic E-state index is -1.32. The topological polar surface area (TPSA) is 34.1 Å². The van der Waals surface area contributed by atoms with Crippen molar-refractivity contribution in [3.05, 3.63) is 65.2 Å². The van der Waals surface area contributed by atoms with Crippen molar-refractivity contribution in [1.82, 2.24) is 0 Å². The summed E-state index contributed by atoms with van der Waals surface area (Å²) in [7, 11) is -1.32. The second kappa shape index (κ2) is 6.14. The second-order valence-electron chi connectivity index (χ2n) is 4.99. The van der Waals surface area contributed by atoms with Crippen LogP contribution in [0.5, 0.6) is 0 Å². The molecule has 2 unspecified atom stereocenters. The van der Waals surface area contributed by atoms with Crippen LogP contribution in [0.25, 0.3) is 0 Å². The van der Waals surface area contributed by atoms with Gasteiger partial charge in [-0.3, -0.25) is 9.00 Å². The summed E-state index contributed by atoms with van der Waals surface area (Å²) < 4.78 is 12.5. The smallest absolute Gasteiger partial charge is 0.178 e. The molecule has 0 aromatic heterocycles. The number of hydrogen-bond donors (Lipinski definition) is 0. The van der Waals surface area contributed by atoms with Crippen LogP contribution in [0.1, 0.15) is 28.4 Å². The van der Waals surface area contributed by atoms with Crippen molar-refractivity contribution in [3.8, 4) is 0 Å². The molecule has 2 atom stereocenters. The number of carbonyl (C=O) groups excluding carboxylic acids is 1. The van der Waals surface area contributed by atoms with Gasteiger partial charge >= 0.3 is 0 Å². The first-order chi connectivity index (χ1) is 9.49. The maximum Gasteiger partial charge on any atom is 0.178 e. The molecule has 0 aliphatic rings. The van der Waals surface area contributed by atoms with Gasteiger partial charge in [0.15, 0.2) is 5.78 Å². The van der Waals surface area contributed by atoms with E-state index in [2.05, 4.69) is 0 Å². The average Bonchev–Trinajstić information content (AvgIpc) is 2.46. The highest BCUT2D eigenvalue weighted by Gasteiger charge is 2.22. The van der Waals surface area contributed by atoms with E-state index in [1.807, 2.05) is 50.2 Å². The first kappa shape index (κ1) is 14.7. The lowest BCUT2D eigenvalue weighted by atomic mass is 10.1. The zero-order valence-electron chi connectivity index (χ0n) is 11.9. The van der Waals surface area contributed by atoms with Crippen molar-refractivity contribution >= 4 is 16.6 Å². The summed E-state index contributed by atoms with van der Waals surface area (Å²) in [6, 6.07) is 14.9. The molecule has 3 heteroatoms. The van der Waals surface area contributed by atoms with Gasteiger partial charge in [0.2, 0.25) is 0 Å². The number of carbonyl (C=O) groups is 1. The molecule has 2 nitrogen and oxygen atoms in total. The third kappa shape index (κ3) is 3.23. The van der Waals surface area contributed by atoms with E-state index in [9.17, 15) is 9.00 Å². The number of rotatable bonds is 4. The van der Waals surface area contributed by atoms with Gasteiger partial charge in [0.1, 0.15) is 0 Å². The second-order valence-corrected chi connectivity index (χ2v) is 6.76. The maximum atomic E-state index is 12.5. The lowest BCUT2D eigenvalue weighted by molar-refractivity contribution is 0.0992. The predicted octanol–water partition coefficient (Wildman–Crippen LogP) is 3.68. The van der Waals surface area contributed by atoms with Crippen molar-refractivity contribution in [2.24, 2.45) is 0 Å². The van der Waals surface area contributed by atoms with Crippen molar-refractivity contribution in [3.63, 3.8) is 0 Å². The highest BCUT2D eigenvalue weighted by molar-refractivity contribution is 7.86. The maximum absolute atomic E-state index is 12.5. The first-order valence-electron chi connectivity index (χ1n) is 6.57. The minimum absolute atomic E-state index is 0.0789. The van der Waals surface area contributed by atoms with Gasteiger partial charge in [-0.05, 0) is 38.5 Å². The number of ketones is 1. The third-order valence-corrected chi connectivity index (χ3v) is 4.82. The Morgan fingerprint density at radius 2 is 1.65 bits per heavy atom. The standard InChI is InChI=1S/C17H18O2S/c1-12-7-9-15(10-8-12)17(18)14(3)20(19)16-6-4-5-13(2)11-16/h4-11,14H,1-3H3. The molecule has 0 saturated carbocycles. The summed E-state index contributed by atoms with van der Waals surface area (Å²) in [5.41, 5.74) is 2.77. The van der Waals surface area contributed by atoms with E-state index in [0.29, 0.717) is 10.5 Å². The molecule has 2 rings (SSSR count). The number of Topliss-reactive ketones (excluding diaryl/α,β-unsaturated/α-hetero) is 1. The Morgan fingerprint density at radius 1 is 1.00 bits per heavy atom. The van der Waals surface area contributed by atoms with Crippen LogP contribution in [0.2, 0.25) is 0 Å². The molecule has 0 spiro atoms. The van der Waals surface area contributed by atoms with E-state index in [1.54, 1.807) is 19.1 Å². The van der Waals surface area contributed by atoms with E-state index >= 15 is 0 Å². The van der Waals surface area contributed by atoms with Crippen LogP contribution in [0.15, 0.2) is 53.4 Å². The lowest BCUT2D eigenvalue weighted by Gasteiger charge is -2.11. The van der Waals surface area contributed by atoms with E-state index < -0.39 is 16.0 Å². The van der Waals surface area contributed by atoms with Gasteiger partial charge in [0.25, 0.3) is 0 Å². The summed E-state index contributed by atoms with van der Waals surface area (Å²) in [5, 5.41) is -0.542. The summed E-state index contributed by atoms with van der Waals surface area (Å²) in [6.07, 6.45) is 0. The number of benzene rings is 2. The van der Waals surface area contributed by atoms with Crippen LogP contribution < -0.4 is 0 Å². The molecule has 20 heavy (non-hydrogen) atoms. The summed E-state index contributed by atoms with van der Waals surface area (Å²) >= 11 is 0. The highest BCUT2D eigenvalue weighted by Crippen LogP contribution is 2.17. The van der Waals surface area contributed by atoms with E-state index in [-0.39, 0.29) is 5.78 Å². The molecular weight excluding hydrogens is 268 g/mol. The molecule has 2 aromatic carbocycles. The van der Waals surface area contributed by atoms with Gasteiger partial charge in [-0.1, -0.05) is 42.0 Å². The van der Waals surface area contributed by atoms with Gasteiger partial charge in [-0.2, -0.15) is 0 Å². The van der Waals surface area contributed by atoms with Crippen LogP contribution in [0.3, 0.4) is 0 Å². The molecular formula is C17H18O2S. The quantitative estimate of drug-likeness (QED) is 0.803. The Hall–Kier alpha value is -1.74. The van der Waals surface area contributed by atoms with Gasteiger partial charge in [-0.25, -0.2) is 0 Å². The lowest BCUT2D eigenvalue weighted by Crippen LogP contribution is -2.22. The van der Waals surface area contributed by atoms with Gasteiger partial charge in [0, 0.05) is 10.5 Å². The normalized spacial score (nSPS) is 13.8. The van der Waals surface area contributed by atoms with Crippen molar-refractivity contribution in [2.75, 3.05) is 0 Å². The van der Waals surface area contributed by atoms with Gasteiger partial charge < -0.3 is 0 Å². The molecule has 0 aliphatic carbocycles. The minimum Gasteiger partial charge on any atom is -0.293 e. The van der Waals surface area contributed by atoms with Crippen LogP contribution in [-0.2, 0) is 10.8 Å². The number of hydrogen-bond acceptors (Lipinski definition) is 2. The summed E-state index contributed by atoms with van der Waals surface area (Å²) in [5.74, 6) is -0.0789. The Morgan fingerprint density at radius 3 is 2.25 bits per heavy atom. The van der Waals surface area contributed by atoms with Crippen LogP contribution in [-0.4, -0.2) is 15.2 Å². The molecule has 0 saturated heterocycles. The summed E-state index contributed by atoms with van der Waals surface area (Å²) in [6.45, 7) is 5.65. The predicted molar refractivity (Wildman–Crippen MR) is 82.6 cm³/mol. The van der Waals surface area contributed by atoms with Crippen molar-refractivity contribution in [1.29, 1.82) is 0 Å². The Balaban J connectivity index is 2.22. The summed E-state index contributed by atoms with van der Waals surface area (Å²) in [4.78, 5) is 13.1. The molecule has 0 aliphatic heterocycles. The average molecular weight is 286 g/mol.